The first-order valence-corrected chi connectivity index (χ1v) is 12.1. The van der Waals surface area contributed by atoms with Crippen molar-refractivity contribution < 1.29 is 4.79 Å². The van der Waals surface area contributed by atoms with Crippen LogP contribution < -0.4 is 16.4 Å². The van der Waals surface area contributed by atoms with Crippen LogP contribution >= 0.6 is 24.0 Å². The zero-order valence-electron chi connectivity index (χ0n) is 19.3. The highest BCUT2D eigenvalue weighted by atomic mass is 127. The number of carbonyl (C=O) groups excluding carboxylic acids is 1. The summed E-state index contributed by atoms with van der Waals surface area (Å²) in [7, 11) is 0. The fraction of sp³-hybridized carbons (Fsp3) is 0.913. The van der Waals surface area contributed by atoms with Gasteiger partial charge in [0.15, 0.2) is 5.96 Å². The molecule has 7 heteroatoms. The topological polar surface area (TPSA) is 82.8 Å². The van der Waals surface area contributed by atoms with Crippen LogP contribution in [0.25, 0.3) is 0 Å². The number of rotatable bonds is 11. The smallest absolute Gasteiger partial charge is 0.220 e. The predicted octanol–water partition coefficient (Wildman–Crippen LogP) is 3.89. The molecule has 1 aliphatic heterocycles. The quantitative estimate of drug-likeness (QED) is 0.162. The molecule has 4 N–H and O–H groups in total. The molecule has 1 atom stereocenters. The van der Waals surface area contributed by atoms with Gasteiger partial charge in [-0.1, -0.05) is 32.1 Å². The van der Waals surface area contributed by atoms with E-state index in [0.717, 1.165) is 70.3 Å². The number of nitrogens with two attached hydrogens (primary N) is 1. The average Bonchev–Trinajstić information content (AvgIpc) is 2.73. The molecule has 0 spiro atoms. The first kappa shape index (κ1) is 27.5. The van der Waals surface area contributed by atoms with E-state index in [1.165, 1.54) is 44.9 Å². The van der Waals surface area contributed by atoms with E-state index in [4.69, 9.17) is 10.7 Å². The molecule has 176 valence electrons. The van der Waals surface area contributed by atoms with Crippen LogP contribution in [-0.2, 0) is 4.79 Å². The van der Waals surface area contributed by atoms with E-state index < -0.39 is 0 Å². The molecular formula is C23H46IN5O. The van der Waals surface area contributed by atoms with E-state index in [1.807, 2.05) is 0 Å². The van der Waals surface area contributed by atoms with Gasteiger partial charge in [0.05, 0.1) is 0 Å². The van der Waals surface area contributed by atoms with Crippen molar-refractivity contribution >= 4 is 35.8 Å². The van der Waals surface area contributed by atoms with Crippen LogP contribution in [0.5, 0.6) is 0 Å². The number of unbranched alkanes of at least 4 members (excludes halogenated alkanes) is 1. The molecule has 0 aromatic carbocycles. The number of likely N-dealkylation sites (tertiary alicyclic amines) is 1. The summed E-state index contributed by atoms with van der Waals surface area (Å²) >= 11 is 0. The van der Waals surface area contributed by atoms with Crippen molar-refractivity contribution in [3.8, 4) is 0 Å². The number of guanidine groups is 1. The number of hydrogen-bond donors (Lipinski definition) is 3. The standard InChI is InChI=1S/C23H45N5O.HI/c1-3-25-23(27-19(2)11-12-20-9-5-4-6-10-20)26-15-7-8-16-28-17-13-21(14-18-28)22(24)29;/h19-21H,3-18H2,1-2H3,(H2,24,29)(H2,25,26,27);1H. The maximum atomic E-state index is 11.3. The fourth-order valence-electron chi connectivity index (χ4n) is 4.67. The molecule has 1 saturated carbocycles. The van der Waals surface area contributed by atoms with Crippen LogP contribution in [0.4, 0.5) is 0 Å². The van der Waals surface area contributed by atoms with E-state index >= 15 is 0 Å². The van der Waals surface area contributed by atoms with Gasteiger partial charge < -0.3 is 21.3 Å². The van der Waals surface area contributed by atoms with Crippen LogP contribution in [-0.4, -0.2) is 55.5 Å². The normalized spacial score (nSPS) is 20.4. The van der Waals surface area contributed by atoms with E-state index in [-0.39, 0.29) is 35.8 Å². The minimum absolute atomic E-state index is 0. The molecule has 2 fully saturated rings. The number of amides is 1. The number of carbonyl (C=O) groups is 1. The van der Waals surface area contributed by atoms with Crippen LogP contribution in [0, 0.1) is 11.8 Å². The summed E-state index contributed by atoms with van der Waals surface area (Å²) in [6, 6.07) is 0.473. The van der Waals surface area contributed by atoms with Gasteiger partial charge in [-0.15, -0.1) is 24.0 Å². The largest absolute Gasteiger partial charge is 0.369 e. The highest BCUT2D eigenvalue weighted by Crippen LogP contribution is 2.27. The third-order valence-corrected chi connectivity index (χ3v) is 6.60. The summed E-state index contributed by atoms with van der Waals surface area (Å²) in [4.78, 5) is 18.5. The van der Waals surface area contributed by atoms with Gasteiger partial charge in [-0.2, -0.15) is 0 Å². The third-order valence-electron chi connectivity index (χ3n) is 6.60. The number of aliphatic imine (C=N–C) groups is 1. The Morgan fingerprint density at radius 1 is 1.13 bits per heavy atom. The maximum Gasteiger partial charge on any atom is 0.220 e. The molecule has 2 rings (SSSR count). The molecular weight excluding hydrogens is 489 g/mol. The van der Waals surface area contributed by atoms with Crippen molar-refractivity contribution in [2.24, 2.45) is 22.6 Å². The third kappa shape index (κ3) is 11.2. The molecule has 1 saturated heterocycles. The van der Waals surface area contributed by atoms with Crippen LogP contribution in [0.3, 0.4) is 0 Å². The zero-order valence-corrected chi connectivity index (χ0v) is 21.7. The lowest BCUT2D eigenvalue weighted by Gasteiger charge is -2.30. The number of nitrogens with zero attached hydrogens (tertiary/aromatic N) is 2. The van der Waals surface area contributed by atoms with Crippen molar-refractivity contribution in [1.82, 2.24) is 15.5 Å². The van der Waals surface area contributed by atoms with Gasteiger partial charge in [0.1, 0.15) is 0 Å². The van der Waals surface area contributed by atoms with Crippen molar-refractivity contribution in [3.05, 3.63) is 0 Å². The minimum Gasteiger partial charge on any atom is -0.369 e. The van der Waals surface area contributed by atoms with Crippen molar-refractivity contribution in [2.45, 2.75) is 90.5 Å². The monoisotopic (exact) mass is 535 g/mol. The predicted molar refractivity (Wildman–Crippen MR) is 137 cm³/mol. The number of halogens is 1. The molecule has 6 nitrogen and oxygen atoms in total. The van der Waals surface area contributed by atoms with Gasteiger partial charge in [-0.05, 0) is 77.9 Å². The van der Waals surface area contributed by atoms with Gasteiger partial charge in [0.2, 0.25) is 5.91 Å². The van der Waals surface area contributed by atoms with E-state index in [2.05, 4.69) is 29.4 Å². The Balaban J connectivity index is 0.00000450. The maximum absolute atomic E-state index is 11.3. The number of nitrogens with one attached hydrogen (secondary N) is 2. The summed E-state index contributed by atoms with van der Waals surface area (Å²) in [6.45, 7) is 9.27. The van der Waals surface area contributed by atoms with E-state index in [9.17, 15) is 4.79 Å². The van der Waals surface area contributed by atoms with Gasteiger partial charge in [-0.25, -0.2) is 0 Å². The van der Waals surface area contributed by atoms with Crippen LogP contribution in [0.2, 0.25) is 0 Å². The second-order valence-electron chi connectivity index (χ2n) is 9.11. The number of hydrogen-bond acceptors (Lipinski definition) is 3. The van der Waals surface area contributed by atoms with Crippen LogP contribution in [0.15, 0.2) is 4.99 Å². The molecule has 1 heterocycles. The summed E-state index contributed by atoms with van der Waals surface area (Å²) in [6.07, 6.45) is 13.8. The molecule has 0 radical (unpaired) electrons. The summed E-state index contributed by atoms with van der Waals surface area (Å²) in [5.74, 6) is 1.87. The Kier molecular flexibility index (Phi) is 14.8. The lowest BCUT2D eigenvalue weighted by Crippen LogP contribution is -2.42. The Morgan fingerprint density at radius 2 is 1.83 bits per heavy atom. The van der Waals surface area contributed by atoms with Crippen molar-refractivity contribution in [2.75, 3.05) is 32.7 Å². The fourth-order valence-corrected chi connectivity index (χ4v) is 4.67. The number of piperidine rings is 1. The Hall–Kier alpha value is -0.570. The van der Waals surface area contributed by atoms with Crippen LogP contribution in [0.1, 0.15) is 84.5 Å². The molecule has 1 amide bonds. The summed E-state index contributed by atoms with van der Waals surface area (Å²) in [5, 5.41) is 6.99. The van der Waals surface area contributed by atoms with E-state index in [0.29, 0.717) is 6.04 Å². The first-order valence-electron chi connectivity index (χ1n) is 12.1. The second-order valence-corrected chi connectivity index (χ2v) is 9.11. The van der Waals surface area contributed by atoms with Gasteiger partial charge in [0.25, 0.3) is 0 Å². The summed E-state index contributed by atoms with van der Waals surface area (Å²) in [5.41, 5.74) is 5.41. The molecule has 30 heavy (non-hydrogen) atoms. The molecule has 0 aromatic rings. The Bertz CT molecular complexity index is 488. The Labute approximate surface area is 201 Å². The molecule has 2 aliphatic rings. The van der Waals surface area contributed by atoms with E-state index in [1.54, 1.807) is 0 Å². The highest BCUT2D eigenvalue weighted by molar-refractivity contribution is 14.0. The Morgan fingerprint density at radius 3 is 2.47 bits per heavy atom. The summed E-state index contributed by atoms with van der Waals surface area (Å²) < 4.78 is 0. The van der Waals surface area contributed by atoms with Gasteiger partial charge in [-0.3, -0.25) is 9.79 Å². The van der Waals surface area contributed by atoms with Gasteiger partial charge in [0, 0.05) is 25.0 Å². The second kappa shape index (κ2) is 16.1. The minimum atomic E-state index is -0.129. The zero-order chi connectivity index (χ0) is 20.9. The van der Waals surface area contributed by atoms with Crippen molar-refractivity contribution in [1.29, 1.82) is 0 Å². The highest BCUT2D eigenvalue weighted by Gasteiger charge is 2.22. The molecule has 0 aromatic heterocycles. The molecule has 0 bridgehead atoms. The SMILES string of the molecule is CCNC(=NCCCCN1CCC(C(N)=O)CC1)NC(C)CCC1CCCCC1.I. The first-order chi connectivity index (χ1) is 14.1. The number of primary amides is 1. The lowest BCUT2D eigenvalue weighted by atomic mass is 9.85. The molecule has 1 unspecified atom stereocenters. The lowest BCUT2D eigenvalue weighted by molar-refractivity contribution is -0.123. The molecule has 1 aliphatic carbocycles. The average molecular weight is 536 g/mol. The van der Waals surface area contributed by atoms with Gasteiger partial charge >= 0.3 is 0 Å². The van der Waals surface area contributed by atoms with Crippen molar-refractivity contribution in [3.63, 3.8) is 0 Å².